The highest BCUT2D eigenvalue weighted by atomic mass is 32.1. The number of para-hydroxylation sites is 1. The molecular weight excluding hydrogens is 362 g/mol. The molecule has 0 N–H and O–H groups in total. The van der Waals surface area contributed by atoms with Gasteiger partial charge in [0, 0.05) is 31.9 Å². The van der Waals surface area contributed by atoms with Crippen molar-refractivity contribution in [1.29, 1.82) is 0 Å². The van der Waals surface area contributed by atoms with Crippen LogP contribution in [0, 0.1) is 0 Å². The van der Waals surface area contributed by atoms with E-state index >= 15 is 0 Å². The number of carbonyl (C=O) groups excluding carboxylic acids is 2. The Morgan fingerprint density at radius 1 is 1.11 bits per heavy atom. The molecule has 0 spiro atoms. The number of carbonyl (C=O) groups is 2. The second-order valence-electron chi connectivity index (χ2n) is 6.19. The van der Waals surface area contributed by atoms with Crippen molar-refractivity contribution in [1.82, 2.24) is 4.57 Å². The van der Waals surface area contributed by atoms with Gasteiger partial charge in [-0.2, -0.15) is 4.99 Å². The van der Waals surface area contributed by atoms with Crippen molar-refractivity contribution in [2.75, 3.05) is 26.1 Å². The molecule has 0 saturated carbocycles. The fraction of sp³-hybridized carbons (Fsp3) is 0.250. The van der Waals surface area contributed by atoms with Crippen molar-refractivity contribution >= 4 is 39.1 Å². The van der Waals surface area contributed by atoms with Crippen LogP contribution in [0.5, 0.6) is 0 Å². The van der Waals surface area contributed by atoms with Crippen LogP contribution < -0.4 is 9.70 Å². The Hall–Kier alpha value is -2.93. The predicted octanol–water partition coefficient (Wildman–Crippen LogP) is 3.07. The van der Waals surface area contributed by atoms with Gasteiger partial charge in [0.2, 0.25) is 0 Å². The average Bonchev–Trinajstić information content (AvgIpc) is 3.03. The summed E-state index contributed by atoms with van der Waals surface area (Å²) in [5, 5.41) is 0. The normalized spacial score (nSPS) is 11.6. The van der Waals surface area contributed by atoms with Gasteiger partial charge in [-0.15, -0.1) is 0 Å². The number of nitrogens with zero attached hydrogens (tertiary/aromatic N) is 3. The van der Waals surface area contributed by atoms with E-state index in [0.29, 0.717) is 16.9 Å². The summed E-state index contributed by atoms with van der Waals surface area (Å²) in [6.07, 6.45) is 0.218. The summed E-state index contributed by atoms with van der Waals surface area (Å²) in [6.45, 7) is 0.405. The maximum Gasteiger partial charge on any atom is 0.307 e. The minimum atomic E-state index is -0.307. The Morgan fingerprint density at radius 2 is 1.81 bits per heavy atom. The summed E-state index contributed by atoms with van der Waals surface area (Å²) in [7, 11) is 5.26. The summed E-state index contributed by atoms with van der Waals surface area (Å²) >= 11 is 1.43. The zero-order valence-corrected chi connectivity index (χ0v) is 16.3. The number of aromatic nitrogens is 1. The third kappa shape index (κ3) is 4.25. The number of ether oxygens (including phenoxy) is 1. The van der Waals surface area contributed by atoms with Crippen LogP contribution in [0.15, 0.2) is 53.5 Å². The second-order valence-corrected chi connectivity index (χ2v) is 7.20. The standard InChI is InChI=1S/C20H21N3O3S/c1-22(2)15-10-8-14(9-11-15)19(25)21-20-23(13-12-18(24)26-3)16-6-4-5-7-17(16)27-20/h4-11H,12-13H2,1-3H3. The largest absolute Gasteiger partial charge is 0.469 e. The maximum absolute atomic E-state index is 12.6. The predicted molar refractivity (Wildman–Crippen MR) is 107 cm³/mol. The molecule has 1 aromatic heterocycles. The first-order chi connectivity index (χ1) is 13.0. The summed E-state index contributed by atoms with van der Waals surface area (Å²) < 4.78 is 7.63. The molecule has 0 atom stereocenters. The van der Waals surface area contributed by atoms with Gasteiger partial charge in [-0.1, -0.05) is 23.5 Å². The summed E-state index contributed by atoms with van der Waals surface area (Å²) in [5.74, 6) is -0.604. The lowest BCUT2D eigenvalue weighted by molar-refractivity contribution is -0.140. The SMILES string of the molecule is COC(=O)CCn1c(=NC(=O)c2ccc(N(C)C)cc2)sc2ccccc21. The number of amides is 1. The number of esters is 1. The van der Waals surface area contributed by atoms with Crippen molar-refractivity contribution in [2.45, 2.75) is 13.0 Å². The van der Waals surface area contributed by atoms with Gasteiger partial charge in [0.25, 0.3) is 5.91 Å². The Morgan fingerprint density at radius 3 is 2.48 bits per heavy atom. The van der Waals surface area contributed by atoms with Crippen LogP contribution in [-0.2, 0) is 16.1 Å². The number of hydrogen-bond acceptors (Lipinski definition) is 5. The highest BCUT2D eigenvalue weighted by Crippen LogP contribution is 2.18. The number of thiazole rings is 1. The minimum Gasteiger partial charge on any atom is -0.469 e. The molecule has 6 nitrogen and oxygen atoms in total. The molecule has 1 heterocycles. The maximum atomic E-state index is 12.6. The molecule has 27 heavy (non-hydrogen) atoms. The second kappa shape index (κ2) is 8.18. The van der Waals surface area contributed by atoms with Gasteiger partial charge in [-0.25, -0.2) is 0 Å². The zero-order valence-electron chi connectivity index (χ0n) is 15.5. The number of rotatable bonds is 5. The molecule has 3 rings (SSSR count). The number of hydrogen-bond donors (Lipinski definition) is 0. The van der Waals surface area contributed by atoms with E-state index in [1.54, 1.807) is 12.1 Å². The Bertz CT molecular complexity index is 1030. The third-order valence-corrected chi connectivity index (χ3v) is 5.24. The van der Waals surface area contributed by atoms with Crippen molar-refractivity contribution in [3.05, 3.63) is 58.9 Å². The Labute approximate surface area is 161 Å². The van der Waals surface area contributed by atoms with Gasteiger partial charge in [0.15, 0.2) is 4.80 Å². The Balaban J connectivity index is 1.98. The molecule has 0 aliphatic heterocycles. The van der Waals surface area contributed by atoms with E-state index < -0.39 is 0 Å². The van der Waals surface area contributed by atoms with Crippen molar-refractivity contribution in [3.8, 4) is 0 Å². The molecule has 0 fully saturated rings. The third-order valence-electron chi connectivity index (χ3n) is 4.18. The molecule has 0 bridgehead atoms. The molecule has 3 aromatic rings. The van der Waals surface area contributed by atoms with Crippen LogP contribution in [0.2, 0.25) is 0 Å². The lowest BCUT2D eigenvalue weighted by Gasteiger charge is -2.11. The highest BCUT2D eigenvalue weighted by molar-refractivity contribution is 7.16. The number of benzene rings is 2. The van der Waals surface area contributed by atoms with Crippen LogP contribution in [0.3, 0.4) is 0 Å². The first-order valence-electron chi connectivity index (χ1n) is 8.51. The van der Waals surface area contributed by atoms with E-state index in [2.05, 4.69) is 4.99 Å². The van der Waals surface area contributed by atoms with Crippen LogP contribution in [0.4, 0.5) is 5.69 Å². The van der Waals surface area contributed by atoms with Gasteiger partial charge in [-0.05, 0) is 36.4 Å². The quantitative estimate of drug-likeness (QED) is 0.635. The van der Waals surface area contributed by atoms with Gasteiger partial charge in [-0.3, -0.25) is 9.59 Å². The van der Waals surface area contributed by atoms with Crippen LogP contribution >= 0.6 is 11.3 Å². The summed E-state index contributed by atoms with van der Waals surface area (Å²) in [6, 6.07) is 15.1. The monoisotopic (exact) mass is 383 g/mol. The van der Waals surface area contributed by atoms with E-state index in [9.17, 15) is 9.59 Å². The van der Waals surface area contributed by atoms with Crippen molar-refractivity contribution in [2.24, 2.45) is 4.99 Å². The van der Waals surface area contributed by atoms with E-state index in [0.717, 1.165) is 15.9 Å². The zero-order chi connectivity index (χ0) is 19.4. The molecule has 0 aliphatic carbocycles. The topological polar surface area (TPSA) is 63.9 Å². The molecule has 0 unspecified atom stereocenters. The number of methoxy groups -OCH3 is 1. The van der Waals surface area contributed by atoms with Crippen LogP contribution in [0.25, 0.3) is 10.2 Å². The number of aryl methyl sites for hydroxylation is 1. The molecular formula is C20H21N3O3S. The van der Waals surface area contributed by atoms with Gasteiger partial charge < -0.3 is 14.2 Å². The Kier molecular flexibility index (Phi) is 5.71. The van der Waals surface area contributed by atoms with E-state index in [4.69, 9.17) is 4.74 Å². The van der Waals surface area contributed by atoms with Crippen molar-refractivity contribution < 1.29 is 14.3 Å². The molecule has 7 heteroatoms. The first-order valence-corrected chi connectivity index (χ1v) is 9.33. The number of fused-ring (bicyclic) bond motifs is 1. The molecule has 140 valence electrons. The van der Waals surface area contributed by atoms with Crippen molar-refractivity contribution in [3.63, 3.8) is 0 Å². The van der Waals surface area contributed by atoms with E-state index in [1.165, 1.54) is 18.4 Å². The molecule has 0 saturated heterocycles. The van der Waals surface area contributed by atoms with Crippen LogP contribution in [0.1, 0.15) is 16.8 Å². The van der Waals surface area contributed by atoms with Gasteiger partial charge in [0.1, 0.15) is 0 Å². The van der Waals surface area contributed by atoms with E-state index in [-0.39, 0.29) is 18.3 Å². The molecule has 1 amide bonds. The fourth-order valence-electron chi connectivity index (χ4n) is 2.68. The van der Waals surface area contributed by atoms with Gasteiger partial charge in [0.05, 0.1) is 23.7 Å². The lowest BCUT2D eigenvalue weighted by Crippen LogP contribution is -2.19. The first kappa shape index (κ1) is 18.8. The molecule has 2 aromatic carbocycles. The van der Waals surface area contributed by atoms with Crippen LogP contribution in [-0.4, -0.2) is 37.6 Å². The molecule has 0 radical (unpaired) electrons. The average molecular weight is 383 g/mol. The highest BCUT2D eigenvalue weighted by Gasteiger charge is 2.11. The smallest absolute Gasteiger partial charge is 0.307 e. The van der Waals surface area contributed by atoms with E-state index in [1.807, 2.05) is 60.0 Å². The molecule has 0 aliphatic rings. The minimum absolute atomic E-state index is 0.218. The van der Waals surface area contributed by atoms with Gasteiger partial charge >= 0.3 is 5.97 Å². The fourth-order valence-corrected chi connectivity index (χ4v) is 3.74. The summed E-state index contributed by atoms with van der Waals surface area (Å²) in [5.41, 5.74) is 2.49. The summed E-state index contributed by atoms with van der Waals surface area (Å²) in [4.78, 5) is 31.1. The lowest BCUT2D eigenvalue weighted by atomic mass is 10.2. The number of anilines is 1.